The number of carbonyl (C=O) groups is 3. The zero-order chi connectivity index (χ0) is 16.8. The zero-order valence-corrected chi connectivity index (χ0v) is 12.8. The lowest BCUT2D eigenvalue weighted by molar-refractivity contribution is -0.136. The number of methoxy groups -OCH3 is 1. The van der Waals surface area contributed by atoms with Crippen molar-refractivity contribution >= 4 is 29.3 Å². The van der Waals surface area contributed by atoms with Crippen LogP contribution in [0.25, 0.3) is 0 Å². The van der Waals surface area contributed by atoms with Crippen LogP contribution in [0.3, 0.4) is 0 Å². The number of carbonyl (C=O) groups excluding carboxylic acids is 2. The van der Waals surface area contributed by atoms with E-state index >= 15 is 0 Å². The minimum absolute atomic E-state index is 0.0403. The number of hydrogen-bond donors (Lipinski definition) is 3. The number of hydrogen-bond acceptors (Lipinski definition) is 4. The molecule has 2 rings (SSSR count). The van der Waals surface area contributed by atoms with Crippen molar-refractivity contribution in [2.75, 3.05) is 30.4 Å². The van der Waals surface area contributed by atoms with Crippen molar-refractivity contribution in [2.24, 2.45) is 0 Å². The lowest BCUT2D eigenvalue weighted by Crippen LogP contribution is -2.30. The molecule has 0 aliphatic carbocycles. The first-order valence-corrected chi connectivity index (χ1v) is 7.26. The van der Waals surface area contributed by atoms with Crippen LogP contribution in [0, 0.1) is 0 Å². The van der Waals surface area contributed by atoms with E-state index < -0.39 is 12.0 Å². The Morgan fingerprint density at radius 2 is 2.17 bits per heavy atom. The highest BCUT2D eigenvalue weighted by Crippen LogP contribution is 2.33. The summed E-state index contributed by atoms with van der Waals surface area (Å²) in [6, 6.07) is 4.51. The number of nitrogens with zero attached hydrogens (tertiary/aromatic N) is 1. The maximum Gasteiger partial charge on any atom is 0.319 e. The summed E-state index contributed by atoms with van der Waals surface area (Å²) in [7, 11) is 1.50. The third kappa shape index (κ3) is 4.35. The molecule has 1 aliphatic rings. The van der Waals surface area contributed by atoms with Crippen molar-refractivity contribution in [3.8, 4) is 5.75 Å². The Bertz CT molecular complexity index is 617. The van der Waals surface area contributed by atoms with Gasteiger partial charge in [-0.25, -0.2) is 4.79 Å². The second-order valence-electron chi connectivity index (χ2n) is 5.06. The van der Waals surface area contributed by atoms with Crippen molar-refractivity contribution in [3.05, 3.63) is 18.2 Å². The molecule has 0 aromatic heterocycles. The number of benzene rings is 1. The first-order chi connectivity index (χ1) is 11.0. The molecule has 124 valence electrons. The molecule has 23 heavy (non-hydrogen) atoms. The molecule has 3 amide bonds. The molecular formula is C15H19N3O5. The summed E-state index contributed by atoms with van der Waals surface area (Å²) in [4.78, 5) is 35.5. The number of aliphatic carboxylic acids is 1. The number of rotatable bonds is 6. The third-order valence-corrected chi connectivity index (χ3v) is 3.43. The second kappa shape index (κ2) is 7.48. The average molecular weight is 321 g/mol. The normalized spacial score (nSPS) is 13.8. The van der Waals surface area contributed by atoms with Crippen LogP contribution in [0.2, 0.25) is 0 Å². The van der Waals surface area contributed by atoms with Gasteiger partial charge in [-0.1, -0.05) is 0 Å². The Morgan fingerprint density at radius 1 is 1.39 bits per heavy atom. The molecule has 1 heterocycles. The van der Waals surface area contributed by atoms with Gasteiger partial charge in [-0.3, -0.25) is 9.59 Å². The van der Waals surface area contributed by atoms with Gasteiger partial charge in [0.25, 0.3) is 0 Å². The van der Waals surface area contributed by atoms with Crippen LogP contribution < -0.4 is 20.3 Å². The van der Waals surface area contributed by atoms with E-state index in [-0.39, 0.29) is 18.9 Å². The molecule has 3 N–H and O–H groups in total. The monoisotopic (exact) mass is 321 g/mol. The quantitative estimate of drug-likeness (QED) is 0.734. The Kier molecular flexibility index (Phi) is 5.40. The molecule has 1 fully saturated rings. The van der Waals surface area contributed by atoms with E-state index in [1.165, 1.54) is 7.11 Å². The summed E-state index contributed by atoms with van der Waals surface area (Å²) >= 11 is 0. The average Bonchev–Trinajstić information content (AvgIpc) is 2.92. The molecule has 1 saturated heterocycles. The van der Waals surface area contributed by atoms with Crippen LogP contribution in [-0.2, 0) is 9.59 Å². The van der Waals surface area contributed by atoms with E-state index in [2.05, 4.69) is 10.6 Å². The smallest absolute Gasteiger partial charge is 0.319 e. The fraction of sp³-hybridized carbons (Fsp3) is 0.400. The Hall–Kier alpha value is -2.77. The number of urea groups is 1. The van der Waals surface area contributed by atoms with Gasteiger partial charge in [0.1, 0.15) is 5.75 Å². The number of carboxylic acid groups (broad SMARTS) is 1. The minimum atomic E-state index is -0.980. The summed E-state index contributed by atoms with van der Waals surface area (Å²) in [5.41, 5.74) is 1.16. The highest BCUT2D eigenvalue weighted by atomic mass is 16.5. The first-order valence-electron chi connectivity index (χ1n) is 7.26. The maximum absolute atomic E-state index is 11.8. The predicted octanol–water partition coefficient (Wildman–Crippen LogP) is 1.42. The van der Waals surface area contributed by atoms with Gasteiger partial charge in [-0.2, -0.15) is 0 Å². The van der Waals surface area contributed by atoms with E-state index in [0.717, 1.165) is 6.42 Å². The second-order valence-corrected chi connectivity index (χ2v) is 5.06. The topological polar surface area (TPSA) is 108 Å². The predicted molar refractivity (Wildman–Crippen MR) is 83.9 cm³/mol. The van der Waals surface area contributed by atoms with Crippen molar-refractivity contribution in [1.82, 2.24) is 5.32 Å². The zero-order valence-electron chi connectivity index (χ0n) is 12.8. The first kappa shape index (κ1) is 16.6. The van der Waals surface area contributed by atoms with Crippen molar-refractivity contribution in [3.63, 3.8) is 0 Å². The summed E-state index contributed by atoms with van der Waals surface area (Å²) in [6.45, 7) is 0.691. The van der Waals surface area contributed by atoms with Gasteiger partial charge in [0, 0.05) is 31.3 Å². The number of carboxylic acids is 1. The molecule has 0 spiro atoms. The summed E-state index contributed by atoms with van der Waals surface area (Å²) in [6.07, 6.45) is 1.19. The van der Waals surface area contributed by atoms with Crippen molar-refractivity contribution < 1.29 is 24.2 Å². The number of ether oxygens (including phenoxy) is 1. The van der Waals surface area contributed by atoms with Crippen LogP contribution >= 0.6 is 0 Å². The van der Waals surface area contributed by atoms with Crippen LogP contribution in [-0.4, -0.2) is 43.2 Å². The summed E-state index contributed by atoms with van der Waals surface area (Å²) < 4.78 is 5.30. The van der Waals surface area contributed by atoms with Gasteiger partial charge in [-0.05, 0) is 18.6 Å². The van der Waals surface area contributed by atoms with E-state index in [1.54, 1.807) is 23.1 Å². The van der Waals surface area contributed by atoms with Gasteiger partial charge in [0.05, 0.1) is 19.2 Å². The molecule has 0 atom stereocenters. The lowest BCUT2D eigenvalue weighted by atomic mass is 10.2. The fourth-order valence-corrected chi connectivity index (χ4v) is 2.34. The molecule has 1 aromatic rings. The summed E-state index contributed by atoms with van der Waals surface area (Å²) in [5.74, 6) is -0.439. The number of nitrogens with one attached hydrogen (secondary N) is 2. The van der Waals surface area contributed by atoms with E-state index in [9.17, 15) is 14.4 Å². The third-order valence-electron chi connectivity index (χ3n) is 3.43. The van der Waals surface area contributed by atoms with Crippen molar-refractivity contribution in [2.45, 2.75) is 19.3 Å². The van der Waals surface area contributed by atoms with E-state index in [1.807, 2.05) is 0 Å². The van der Waals surface area contributed by atoms with E-state index in [4.69, 9.17) is 9.84 Å². The van der Waals surface area contributed by atoms with Gasteiger partial charge in [0.2, 0.25) is 5.91 Å². The standard InChI is InChI=1S/C15H19N3O5/c1-23-12-9-10(17-15(22)16-7-6-14(20)21)4-5-11(12)18-8-2-3-13(18)19/h4-5,9H,2-3,6-8H2,1H3,(H,20,21)(H2,16,17,22). The molecule has 8 heteroatoms. The fourth-order valence-electron chi connectivity index (χ4n) is 2.34. The maximum atomic E-state index is 11.8. The molecule has 0 radical (unpaired) electrons. The van der Waals surface area contributed by atoms with Crippen LogP contribution in [0.1, 0.15) is 19.3 Å². The van der Waals surface area contributed by atoms with E-state index in [0.29, 0.717) is 30.1 Å². The number of amides is 3. The lowest BCUT2D eigenvalue weighted by Gasteiger charge is -2.19. The van der Waals surface area contributed by atoms with Gasteiger partial charge in [0.15, 0.2) is 0 Å². The minimum Gasteiger partial charge on any atom is -0.494 e. The Morgan fingerprint density at radius 3 is 2.78 bits per heavy atom. The summed E-state index contributed by atoms with van der Waals surface area (Å²) in [5, 5.41) is 13.6. The molecule has 8 nitrogen and oxygen atoms in total. The Labute approximate surface area is 133 Å². The molecule has 0 unspecified atom stereocenters. The molecule has 1 aromatic carbocycles. The SMILES string of the molecule is COc1cc(NC(=O)NCCC(=O)O)ccc1N1CCCC1=O. The highest BCUT2D eigenvalue weighted by Gasteiger charge is 2.24. The highest BCUT2D eigenvalue weighted by molar-refractivity contribution is 5.97. The van der Waals surface area contributed by atoms with Gasteiger partial charge < -0.3 is 25.4 Å². The van der Waals surface area contributed by atoms with Crippen molar-refractivity contribution in [1.29, 1.82) is 0 Å². The molecule has 0 saturated carbocycles. The number of anilines is 2. The largest absolute Gasteiger partial charge is 0.494 e. The Balaban J connectivity index is 2.02. The molecular weight excluding hydrogens is 302 g/mol. The van der Waals surface area contributed by atoms with Gasteiger partial charge >= 0.3 is 12.0 Å². The van der Waals surface area contributed by atoms with Crippen LogP contribution in [0.15, 0.2) is 18.2 Å². The van der Waals surface area contributed by atoms with Crippen LogP contribution in [0.5, 0.6) is 5.75 Å². The van der Waals surface area contributed by atoms with Crippen LogP contribution in [0.4, 0.5) is 16.2 Å². The van der Waals surface area contributed by atoms with Gasteiger partial charge in [-0.15, -0.1) is 0 Å². The molecule has 1 aliphatic heterocycles. The molecule has 0 bridgehead atoms.